The summed E-state index contributed by atoms with van der Waals surface area (Å²) in [5.41, 5.74) is 1.32. The molecule has 0 aliphatic heterocycles. The second kappa shape index (κ2) is 8.01. The molecular weight excluding hydrogens is 178 g/mol. The zero-order chi connectivity index (χ0) is 10.8. The molecule has 0 spiro atoms. The Balaban J connectivity index is 0.000000241. The highest BCUT2D eigenvalue weighted by molar-refractivity contribution is 5.86. The highest BCUT2D eigenvalue weighted by Gasteiger charge is 1.84. The maximum absolute atomic E-state index is 10.0. The summed E-state index contributed by atoms with van der Waals surface area (Å²) >= 11 is 0. The number of carbonyl (C=O) groups excluding carboxylic acids is 1. The van der Waals surface area contributed by atoms with Crippen LogP contribution in [-0.2, 0) is 4.79 Å². The first kappa shape index (κ1) is 12.4. The standard InChI is InChI=1S/C7H8.C4H7NO2/c1-7-5-3-2-4-6-7;1-2-4(7)5-3-6/h2-6H,1H3;2,6H,1,3H2,(H,5,7). The van der Waals surface area contributed by atoms with E-state index in [1.807, 2.05) is 18.2 Å². The lowest BCUT2D eigenvalue weighted by atomic mass is 10.2. The lowest BCUT2D eigenvalue weighted by molar-refractivity contribution is -0.117. The van der Waals surface area contributed by atoms with Gasteiger partial charge in [-0.1, -0.05) is 42.5 Å². The minimum Gasteiger partial charge on any atom is -0.376 e. The first-order valence-electron chi connectivity index (χ1n) is 4.23. The minimum atomic E-state index is -0.359. The largest absolute Gasteiger partial charge is 0.376 e. The van der Waals surface area contributed by atoms with Gasteiger partial charge in [-0.3, -0.25) is 4.79 Å². The van der Waals surface area contributed by atoms with E-state index < -0.39 is 0 Å². The molecule has 14 heavy (non-hydrogen) atoms. The van der Waals surface area contributed by atoms with E-state index in [9.17, 15) is 4.79 Å². The first-order chi connectivity index (χ1) is 6.70. The van der Waals surface area contributed by atoms with Gasteiger partial charge in [-0.25, -0.2) is 0 Å². The van der Waals surface area contributed by atoms with Crippen molar-refractivity contribution in [2.45, 2.75) is 6.92 Å². The number of aliphatic hydroxyl groups is 1. The molecule has 3 heteroatoms. The van der Waals surface area contributed by atoms with E-state index in [1.165, 1.54) is 5.56 Å². The SMILES string of the molecule is C=CC(=O)NCO.Cc1ccccc1. The Bertz CT molecular complexity index is 270. The van der Waals surface area contributed by atoms with Gasteiger partial charge in [0.25, 0.3) is 0 Å². The average Bonchev–Trinajstić information content (AvgIpc) is 2.20. The monoisotopic (exact) mass is 193 g/mol. The van der Waals surface area contributed by atoms with Gasteiger partial charge in [0.15, 0.2) is 0 Å². The number of aliphatic hydroxyl groups excluding tert-OH is 1. The molecule has 1 aromatic carbocycles. The lowest BCUT2D eigenvalue weighted by Gasteiger charge is -1.89. The Morgan fingerprint density at radius 2 is 2.07 bits per heavy atom. The summed E-state index contributed by atoms with van der Waals surface area (Å²) in [6.45, 7) is 4.91. The number of aryl methyl sites for hydroxylation is 1. The maximum atomic E-state index is 10.0. The summed E-state index contributed by atoms with van der Waals surface area (Å²) in [7, 11) is 0. The van der Waals surface area contributed by atoms with Crippen LogP contribution in [0.2, 0.25) is 0 Å². The predicted molar refractivity (Wildman–Crippen MR) is 56.6 cm³/mol. The molecule has 0 unspecified atom stereocenters. The van der Waals surface area contributed by atoms with E-state index in [4.69, 9.17) is 5.11 Å². The van der Waals surface area contributed by atoms with Crippen LogP contribution in [0, 0.1) is 6.92 Å². The number of nitrogens with one attached hydrogen (secondary N) is 1. The normalized spacial score (nSPS) is 8.14. The van der Waals surface area contributed by atoms with Crippen LogP contribution in [0.5, 0.6) is 0 Å². The second-order valence-electron chi connectivity index (χ2n) is 2.56. The van der Waals surface area contributed by atoms with Crippen LogP contribution in [0.3, 0.4) is 0 Å². The molecule has 0 saturated heterocycles. The molecule has 0 aliphatic rings. The molecule has 3 nitrogen and oxygen atoms in total. The fourth-order valence-corrected chi connectivity index (χ4v) is 0.684. The van der Waals surface area contributed by atoms with Crippen molar-refractivity contribution < 1.29 is 9.90 Å². The third-order valence-electron chi connectivity index (χ3n) is 1.38. The Labute approximate surface area is 84.1 Å². The van der Waals surface area contributed by atoms with Crippen molar-refractivity contribution in [3.63, 3.8) is 0 Å². The van der Waals surface area contributed by atoms with Gasteiger partial charge < -0.3 is 10.4 Å². The van der Waals surface area contributed by atoms with Gasteiger partial charge in [-0.05, 0) is 13.0 Å². The molecule has 1 aromatic rings. The third-order valence-corrected chi connectivity index (χ3v) is 1.38. The van der Waals surface area contributed by atoms with E-state index >= 15 is 0 Å². The fourth-order valence-electron chi connectivity index (χ4n) is 0.684. The Hall–Kier alpha value is -1.61. The molecule has 0 aromatic heterocycles. The summed E-state index contributed by atoms with van der Waals surface area (Å²) < 4.78 is 0. The van der Waals surface area contributed by atoms with Crippen molar-refractivity contribution in [2.24, 2.45) is 0 Å². The smallest absolute Gasteiger partial charge is 0.245 e. The van der Waals surface area contributed by atoms with Gasteiger partial charge in [0.05, 0.1) is 0 Å². The average molecular weight is 193 g/mol. The van der Waals surface area contributed by atoms with Crippen LogP contribution in [0.15, 0.2) is 43.0 Å². The number of carbonyl (C=O) groups is 1. The minimum absolute atomic E-state index is 0.329. The van der Waals surface area contributed by atoms with Crippen LogP contribution in [-0.4, -0.2) is 17.7 Å². The first-order valence-corrected chi connectivity index (χ1v) is 4.23. The molecule has 0 fully saturated rings. The highest BCUT2D eigenvalue weighted by Crippen LogP contribution is 1.92. The van der Waals surface area contributed by atoms with E-state index in [0.29, 0.717) is 0 Å². The van der Waals surface area contributed by atoms with Crippen molar-refractivity contribution >= 4 is 5.91 Å². The number of benzene rings is 1. The van der Waals surface area contributed by atoms with Crippen molar-refractivity contribution in [3.05, 3.63) is 48.6 Å². The molecule has 0 radical (unpaired) electrons. The molecular formula is C11H15NO2. The number of amides is 1. The molecule has 0 bridgehead atoms. The molecule has 0 heterocycles. The quantitative estimate of drug-likeness (QED) is 0.548. The van der Waals surface area contributed by atoms with E-state index in [-0.39, 0.29) is 12.6 Å². The van der Waals surface area contributed by atoms with Gasteiger partial charge in [0.1, 0.15) is 6.73 Å². The molecule has 2 N–H and O–H groups in total. The van der Waals surface area contributed by atoms with Crippen LogP contribution in [0.4, 0.5) is 0 Å². The maximum Gasteiger partial charge on any atom is 0.245 e. The van der Waals surface area contributed by atoms with Gasteiger partial charge in [0, 0.05) is 0 Å². The zero-order valence-corrected chi connectivity index (χ0v) is 8.23. The van der Waals surface area contributed by atoms with Gasteiger partial charge in [0.2, 0.25) is 5.91 Å². The van der Waals surface area contributed by atoms with Crippen molar-refractivity contribution in [1.82, 2.24) is 5.32 Å². The predicted octanol–water partition coefficient (Wildman–Crippen LogP) is 1.23. The summed E-state index contributed by atoms with van der Waals surface area (Å²) in [5, 5.41) is 10.1. The summed E-state index contributed by atoms with van der Waals surface area (Å²) in [4.78, 5) is 10.0. The van der Waals surface area contributed by atoms with Crippen molar-refractivity contribution in [3.8, 4) is 0 Å². The second-order valence-corrected chi connectivity index (χ2v) is 2.56. The zero-order valence-electron chi connectivity index (χ0n) is 8.23. The van der Waals surface area contributed by atoms with Gasteiger partial charge in [-0.15, -0.1) is 0 Å². The van der Waals surface area contributed by atoms with Crippen LogP contribution in [0.1, 0.15) is 5.56 Å². The summed E-state index contributed by atoms with van der Waals surface area (Å²) in [5.74, 6) is -0.359. The van der Waals surface area contributed by atoms with E-state index in [2.05, 4.69) is 31.0 Å². The summed E-state index contributed by atoms with van der Waals surface area (Å²) in [6.07, 6.45) is 1.09. The topological polar surface area (TPSA) is 49.3 Å². The third kappa shape index (κ3) is 7.06. The highest BCUT2D eigenvalue weighted by atomic mass is 16.3. The van der Waals surface area contributed by atoms with E-state index in [1.54, 1.807) is 0 Å². The molecule has 1 amide bonds. The number of rotatable bonds is 2. The van der Waals surface area contributed by atoms with E-state index in [0.717, 1.165) is 6.08 Å². The molecule has 0 atom stereocenters. The lowest BCUT2D eigenvalue weighted by Crippen LogP contribution is -2.20. The van der Waals surface area contributed by atoms with Gasteiger partial charge in [-0.2, -0.15) is 0 Å². The summed E-state index contributed by atoms with van der Waals surface area (Å²) in [6, 6.07) is 10.3. The van der Waals surface area contributed by atoms with Crippen LogP contribution in [0.25, 0.3) is 0 Å². The number of hydrogen-bond acceptors (Lipinski definition) is 2. The van der Waals surface area contributed by atoms with Crippen molar-refractivity contribution in [2.75, 3.05) is 6.73 Å². The Morgan fingerprint density at radius 3 is 2.29 bits per heavy atom. The van der Waals surface area contributed by atoms with Crippen LogP contribution >= 0.6 is 0 Å². The molecule has 1 rings (SSSR count). The molecule has 0 saturated carbocycles. The van der Waals surface area contributed by atoms with Crippen LogP contribution < -0.4 is 5.32 Å². The fraction of sp³-hybridized carbons (Fsp3) is 0.182. The van der Waals surface area contributed by atoms with Crippen molar-refractivity contribution in [1.29, 1.82) is 0 Å². The molecule has 0 aliphatic carbocycles. The number of hydrogen-bond donors (Lipinski definition) is 2. The molecule has 76 valence electrons. The Morgan fingerprint density at radius 1 is 1.50 bits per heavy atom. The van der Waals surface area contributed by atoms with Gasteiger partial charge >= 0.3 is 0 Å². The Kier molecular flexibility index (Phi) is 7.09.